The van der Waals surface area contributed by atoms with Gasteiger partial charge < -0.3 is 21.1 Å². The number of nitrogens with one attached hydrogen (secondary N) is 2. The van der Waals surface area contributed by atoms with Crippen molar-refractivity contribution in [2.75, 3.05) is 19.8 Å². The van der Waals surface area contributed by atoms with E-state index in [1.165, 1.54) is 0 Å². The number of urea groups is 1. The fraction of sp³-hybridized carbons (Fsp3) is 0.875. The molecule has 0 spiro atoms. The summed E-state index contributed by atoms with van der Waals surface area (Å²) in [5, 5.41) is 5.42. The third kappa shape index (κ3) is 3.20. The molecule has 1 aliphatic rings. The first kappa shape index (κ1) is 10.3. The molecule has 0 aromatic carbocycles. The lowest BCUT2D eigenvalue weighted by atomic mass is 10.00. The largest absolute Gasteiger partial charge is 0.377 e. The van der Waals surface area contributed by atoms with Crippen molar-refractivity contribution in [3.63, 3.8) is 0 Å². The van der Waals surface area contributed by atoms with Crippen molar-refractivity contribution < 1.29 is 9.53 Å². The predicted octanol–water partition coefficient (Wildman–Crippen LogP) is -0.578. The molecule has 0 aromatic rings. The highest BCUT2D eigenvalue weighted by Gasteiger charge is 2.34. The maximum Gasteiger partial charge on any atom is 0.315 e. The van der Waals surface area contributed by atoms with Crippen molar-refractivity contribution in [3.8, 4) is 0 Å². The van der Waals surface area contributed by atoms with Gasteiger partial charge >= 0.3 is 6.03 Å². The van der Waals surface area contributed by atoms with Crippen LogP contribution in [0, 0.1) is 0 Å². The molecular formula is C8H17N3O2. The Morgan fingerprint density at radius 3 is 2.62 bits per heavy atom. The van der Waals surface area contributed by atoms with Gasteiger partial charge in [-0.3, -0.25) is 0 Å². The minimum atomic E-state index is -0.353. The van der Waals surface area contributed by atoms with Crippen molar-refractivity contribution in [1.82, 2.24) is 10.6 Å². The molecular weight excluding hydrogens is 170 g/mol. The number of rotatable bonds is 3. The molecule has 2 amide bonds. The minimum absolute atomic E-state index is 0.145. The van der Waals surface area contributed by atoms with E-state index in [9.17, 15) is 4.79 Å². The van der Waals surface area contributed by atoms with Crippen LogP contribution in [-0.2, 0) is 4.74 Å². The van der Waals surface area contributed by atoms with E-state index in [-0.39, 0.29) is 17.6 Å². The molecule has 0 unspecified atom stereocenters. The Balaban J connectivity index is 2.14. The summed E-state index contributed by atoms with van der Waals surface area (Å²) in [6, 6.07) is -0.0295. The number of hydrogen-bond acceptors (Lipinski definition) is 3. The van der Waals surface area contributed by atoms with E-state index in [0.717, 1.165) is 0 Å². The summed E-state index contributed by atoms with van der Waals surface area (Å²) in [5.41, 5.74) is 5.46. The Kier molecular flexibility index (Phi) is 3.11. The first-order valence-electron chi connectivity index (χ1n) is 4.43. The molecule has 76 valence electrons. The molecule has 0 atom stereocenters. The van der Waals surface area contributed by atoms with E-state index >= 15 is 0 Å². The van der Waals surface area contributed by atoms with Crippen molar-refractivity contribution in [3.05, 3.63) is 0 Å². The zero-order valence-electron chi connectivity index (χ0n) is 8.09. The first-order valence-corrected chi connectivity index (χ1v) is 4.43. The van der Waals surface area contributed by atoms with Crippen LogP contribution in [0.1, 0.15) is 13.8 Å². The molecule has 13 heavy (non-hydrogen) atoms. The number of nitrogens with two attached hydrogens (primary N) is 1. The van der Waals surface area contributed by atoms with Crippen LogP contribution in [0.3, 0.4) is 0 Å². The first-order chi connectivity index (χ1) is 6.02. The third-order valence-corrected chi connectivity index (χ3v) is 1.80. The van der Waals surface area contributed by atoms with Crippen LogP contribution in [-0.4, -0.2) is 37.4 Å². The van der Waals surface area contributed by atoms with Crippen LogP contribution < -0.4 is 16.4 Å². The quantitative estimate of drug-likeness (QED) is 0.553. The predicted molar refractivity (Wildman–Crippen MR) is 49.4 cm³/mol. The van der Waals surface area contributed by atoms with Gasteiger partial charge in [0.1, 0.15) is 0 Å². The summed E-state index contributed by atoms with van der Waals surface area (Å²) >= 11 is 0. The molecule has 1 aliphatic heterocycles. The monoisotopic (exact) mass is 187 g/mol. The SMILES string of the molecule is CC(C)NC(=O)NCC1(N)COC1. The van der Waals surface area contributed by atoms with Crippen LogP contribution in [0.4, 0.5) is 4.79 Å². The fourth-order valence-electron chi connectivity index (χ4n) is 1.04. The second-order valence-corrected chi connectivity index (χ2v) is 3.84. The Labute approximate surface area is 78.0 Å². The molecule has 0 saturated carbocycles. The van der Waals surface area contributed by atoms with Gasteiger partial charge in [-0.25, -0.2) is 4.79 Å². The molecule has 1 rings (SSSR count). The van der Waals surface area contributed by atoms with Crippen LogP contribution in [0.15, 0.2) is 0 Å². The Hall–Kier alpha value is -0.810. The number of carbonyl (C=O) groups is 1. The summed E-state index contributed by atoms with van der Waals surface area (Å²) in [6.45, 7) is 5.32. The van der Waals surface area contributed by atoms with Crippen LogP contribution in [0.2, 0.25) is 0 Å². The van der Waals surface area contributed by atoms with Gasteiger partial charge in [0.25, 0.3) is 0 Å². The van der Waals surface area contributed by atoms with Crippen LogP contribution in [0.25, 0.3) is 0 Å². The molecule has 1 fully saturated rings. The van der Waals surface area contributed by atoms with Crippen molar-refractivity contribution >= 4 is 6.03 Å². The van der Waals surface area contributed by atoms with Gasteiger partial charge in [-0.2, -0.15) is 0 Å². The topological polar surface area (TPSA) is 76.4 Å². The Morgan fingerprint density at radius 1 is 1.62 bits per heavy atom. The van der Waals surface area contributed by atoms with E-state index in [1.54, 1.807) is 0 Å². The highest BCUT2D eigenvalue weighted by molar-refractivity contribution is 5.74. The summed E-state index contributed by atoms with van der Waals surface area (Å²) in [5.74, 6) is 0. The molecule has 1 saturated heterocycles. The highest BCUT2D eigenvalue weighted by atomic mass is 16.5. The number of hydrogen-bond donors (Lipinski definition) is 3. The van der Waals surface area contributed by atoms with E-state index < -0.39 is 0 Å². The van der Waals surface area contributed by atoms with Gasteiger partial charge in [-0.15, -0.1) is 0 Å². The minimum Gasteiger partial charge on any atom is -0.377 e. The fourth-order valence-corrected chi connectivity index (χ4v) is 1.04. The molecule has 4 N–H and O–H groups in total. The average Bonchev–Trinajstić information content (AvgIpc) is 1.96. The number of amides is 2. The van der Waals surface area contributed by atoms with Gasteiger partial charge in [0.05, 0.1) is 18.8 Å². The summed E-state index contributed by atoms with van der Waals surface area (Å²) in [4.78, 5) is 11.1. The standard InChI is InChI=1S/C8H17N3O2/c1-6(2)11-7(12)10-3-8(9)4-13-5-8/h6H,3-5,9H2,1-2H3,(H2,10,11,12). The Bertz CT molecular complexity index is 190. The lowest BCUT2D eigenvalue weighted by Gasteiger charge is -2.37. The van der Waals surface area contributed by atoms with E-state index in [0.29, 0.717) is 19.8 Å². The van der Waals surface area contributed by atoms with E-state index in [4.69, 9.17) is 10.5 Å². The molecule has 0 aromatic heterocycles. The highest BCUT2D eigenvalue weighted by Crippen LogP contribution is 2.11. The summed E-state index contributed by atoms with van der Waals surface area (Å²) < 4.78 is 4.95. The third-order valence-electron chi connectivity index (χ3n) is 1.80. The van der Waals surface area contributed by atoms with Crippen molar-refractivity contribution in [1.29, 1.82) is 0 Å². The van der Waals surface area contributed by atoms with Gasteiger partial charge in [0.2, 0.25) is 0 Å². The lowest BCUT2D eigenvalue weighted by Crippen LogP contribution is -2.64. The van der Waals surface area contributed by atoms with Crippen molar-refractivity contribution in [2.45, 2.75) is 25.4 Å². The van der Waals surface area contributed by atoms with Gasteiger partial charge in [0.15, 0.2) is 0 Å². The van der Waals surface area contributed by atoms with Crippen LogP contribution >= 0.6 is 0 Å². The molecule has 5 heteroatoms. The average molecular weight is 187 g/mol. The van der Waals surface area contributed by atoms with Gasteiger partial charge in [-0.1, -0.05) is 0 Å². The smallest absolute Gasteiger partial charge is 0.315 e. The number of carbonyl (C=O) groups excluding carboxylic acids is 1. The molecule has 5 nitrogen and oxygen atoms in total. The molecule has 1 heterocycles. The van der Waals surface area contributed by atoms with E-state index in [2.05, 4.69) is 10.6 Å². The van der Waals surface area contributed by atoms with Gasteiger partial charge in [0, 0.05) is 12.6 Å². The normalized spacial score (nSPS) is 19.4. The number of ether oxygens (including phenoxy) is 1. The van der Waals surface area contributed by atoms with Crippen molar-refractivity contribution in [2.24, 2.45) is 5.73 Å². The maximum absolute atomic E-state index is 11.1. The maximum atomic E-state index is 11.1. The molecule has 0 radical (unpaired) electrons. The van der Waals surface area contributed by atoms with E-state index in [1.807, 2.05) is 13.8 Å². The molecule has 0 aliphatic carbocycles. The summed E-state index contributed by atoms with van der Waals surface area (Å²) in [6.07, 6.45) is 0. The Morgan fingerprint density at radius 2 is 2.23 bits per heavy atom. The second kappa shape index (κ2) is 3.93. The zero-order chi connectivity index (χ0) is 9.90. The summed E-state index contributed by atoms with van der Waals surface area (Å²) in [7, 11) is 0. The lowest BCUT2D eigenvalue weighted by molar-refractivity contribution is -0.0508. The van der Waals surface area contributed by atoms with Crippen LogP contribution in [0.5, 0.6) is 0 Å². The second-order valence-electron chi connectivity index (χ2n) is 3.84. The molecule has 0 bridgehead atoms. The zero-order valence-corrected chi connectivity index (χ0v) is 8.09. The van der Waals surface area contributed by atoms with Gasteiger partial charge in [-0.05, 0) is 13.8 Å².